The van der Waals surface area contributed by atoms with E-state index in [2.05, 4.69) is 9.46 Å². The van der Waals surface area contributed by atoms with Gasteiger partial charge >= 0.3 is 11.9 Å². The van der Waals surface area contributed by atoms with Crippen LogP contribution in [0.15, 0.2) is 0 Å². The van der Waals surface area contributed by atoms with Crippen molar-refractivity contribution in [2.75, 3.05) is 7.11 Å². The van der Waals surface area contributed by atoms with Crippen molar-refractivity contribution >= 4 is 22.1 Å². The molecule has 8 nitrogen and oxygen atoms in total. The second-order valence-corrected chi connectivity index (χ2v) is 5.38. The summed E-state index contributed by atoms with van der Waals surface area (Å²) in [6.07, 6.45) is -0.362. The standard InChI is InChI=1S/C9H18N2O6S/c1-6(2)10-18(15,16)11-7(9(13)14)4-5-8(12)17-3/h6-7,10-11H,4-5H2,1-3H3,(H,13,14). The van der Waals surface area contributed by atoms with Crippen LogP contribution in [0.4, 0.5) is 0 Å². The van der Waals surface area contributed by atoms with Crippen LogP contribution in [0.5, 0.6) is 0 Å². The van der Waals surface area contributed by atoms with Crippen LogP contribution in [0, 0.1) is 0 Å². The lowest BCUT2D eigenvalue weighted by Crippen LogP contribution is -2.48. The number of hydrogen-bond acceptors (Lipinski definition) is 5. The van der Waals surface area contributed by atoms with Gasteiger partial charge in [0.15, 0.2) is 0 Å². The van der Waals surface area contributed by atoms with Crippen molar-refractivity contribution in [2.24, 2.45) is 0 Å². The Bertz CT molecular complexity index is 392. The van der Waals surface area contributed by atoms with Gasteiger partial charge in [0, 0.05) is 12.5 Å². The summed E-state index contributed by atoms with van der Waals surface area (Å²) in [5, 5.41) is 8.85. The van der Waals surface area contributed by atoms with E-state index < -0.39 is 28.2 Å². The topological polar surface area (TPSA) is 122 Å². The molecule has 0 fully saturated rings. The molecule has 0 aliphatic carbocycles. The van der Waals surface area contributed by atoms with Crippen molar-refractivity contribution in [1.82, 2.24) is 9.44 Å². The minimum atomic E-state index is -3.91. The third kappa shape index (κ3) is 7.20. The number of carbonyl (C=O) groups excluding carboxylic acids is 1. The maximum Gasteiger partial charge on any atom is 0.321 e. The summed E-state index contributed by atoms with van der Waals surface area (Å²) >= 11 is 0. The number of aliphatic carboxylic acids is 1. The van der Waals surface area contributed by atoms with Gasteiger partial charge in [-0.1, -0.05) is 0 Å². The largest absolute Gasteiger partial charge is 0.480 e. The van der Waals surface area contributed by atoms with Gasteiger partial charge in [-0.2, -0.15) is 17.9 Å². The van der Waals surface area contributed by atoms with E-state index in [1.165, 1.54) is 7.11 Å². The highest BCUT2D eigenvalue weighted by Gasteiger charge is 2.25. The van der Waals surface area contributed by atoms with Gasteiger partial charge in [0.2, 0.25) is 0 Å². The first-order chi connectivity index (χ1) is 8.18. The SMILES string of the molecule is COC(=O)CCC(NS(=O)(=O)NC(C)C)C(=O)O. The molecule has 0 aromatic carbocycles. The van der Waals surface area contributed by atoms with Crippen LogP contribution in [0.1, 0.15) is 26.7 Å². The molecule has 0 saturated heterocycles. The molecule has 0 aliphatic heterocycles. The number of methoxy groups -OCH3 is 1. The summed E-state index contributed by atoms with van der Waals surface area (Å²) < 4.78 is 31.4. The van der Waals surface area contributed by atoms with Crippen molar-refractivity contribution in [3.63, 3.8) is 0 Å². The first-order valence-corrected chi connectivity index (χ1v) is 6.75. The number of esters is 1. The smallest absolute Gasteiger partial charge is 0.321 e. The molecule has 18 heavy (non-hydrogen) atoms. The number of hydrogen-bond donors (Lipinski definition) is 3. The molecule has 1 atom stereocenters. The van der Waals surface area contributed by atoms with Gasteiger partial charge in [0.1, 0.15) is 6.04 Å². The van der Waals surface area contributed by atoms with E-state index in [4.69, 9.17) is 5.11 Å². The average molecular weight is 282 g/mol. The monoisotopic (exact) mass is 282 g/mol. The lowest BCUT2D eigenvalue weighted by atomic mass is 10.2. The quantitative estimate of drug-likeness (QED) is 0.502. The lowest BCUT2D eigenvalue weighted by Gasteiger charge is -2.16. The van der Waals surface area contributed by atoms with Gasteiger partial charge in [-0.3, -0.25) is 9.59 Å². The van der Waals surface area contributed by atoms with Crippen LogP contribution in [-0.4, -0.2) is 44.7 Å². The summed E-state index contributed by atoms with van der Waals surface area (Å²) in [5.41, 5.74) is 0. The number of carbonyl (C=O) groups is 2. The van der Waals surface area contributed by atoms with Crippen molar-refractivity contribution < 1.29 is 27.9 Å². The number of nitrogens with one attached hydrogen (secondary N) is 2. The minimum absolute atomic E-state index is 0.180. The Hall–Kier alpha value is -1.19. The van der Waals surface area contributed by atoms with Gasteiger partial charge in [0.25, 0.3) is 10.2 Å². The summed E-state index contributed by atoms with van der Waals surface area (Å²) in [4.78, 5) is 21.7. The minimum Gasteiger partial charge on any atom is -0.480 e. The fourth-order valence-corrected chi connectivity index (χ4v) is 2.41. The van der Waals surface area contributed by atoms with Crippen LogP contribution in [0.2, 0.25) is 0 Å². The lowest BCUT2D eigenvalue weighted by molar-refractivity contribution is -0.142. The molecule has 0 heterocycles. The zero-order chi connectivity index (χ0) is 14.3. The zero-order valence-corrected chi connectivity index (χ0v) is 11.3. The Morgan fingerprint density at radius 3 is 2.22 bits per heavy atom. The van der Waals surface area contributed by atoms with Gasteiger partial charge < -0.3 is 9.84 Å². The molecular weight excluding hydrogens is 264 g/mol. The molecule has 0 amide bonds. The molecule has 106 valence electrons. The third-order valence-corrected chi connectivity index (χ3v) is 3.23. The normalized spacial score (nSPS) is 13.3. The maximum absolute atomic E-state index is 11.5. The van der Waals surface area contributed by atoms with Crippen molar-refractivity contribution in [3.8, 4) is 0 Å². The van der Waals surface area contributed by atoms with Crippen LogP contribution in [0.3, 0.4) is 0 Å². The molecule has 1 unspecified atom stereocenters. The fourth-order valence-electron chi connectivity index (χ4n) is 1.13. The highest BCUT2D eigenvalue weighted by Crippen LogP contribution is 2.01. The molecular formula is C9H18N2O6S. The van der Waals surface area contributed by atoms with E-state index in [1.54, 1.807) is 13.8 Å². The van der Waals surface area contributed by atoms with Crippen molar-refractivity contribution in [3.05, 3.63) is 0 Å². The molecule has 0 radical (unpaired) electrons. The molecule has 0 bridgehead atoms. The second-order valence-electron chi connectivity index (χ2n) is 3.90. The van der Waals surface area contributed by atoms with Gasteiger partial charge in [-0.25, -0.2) is 0 Å². The third-order valence-electron chi connectivity index (χ3n) is 1.85. The van der Waals surface area contributed by atoms with Crippen LogP contribution in [-0.2, 0) is 24.5 Å². The van der Waals surface area contributed by atoms with E-state index in [-0.39, 0.29) is 18.9 Å². The van der Waals surface area contributed by atoms with E-state index >= 15 is 0 Å². The molecule has 0 aliphatic rings. The van der Waals surface area contributed by atoms with Crippen LogP contribution >= 0.6 is 0 Å². The zero-order valence-electron chi connectivity index (χ0n) is 10.5. The number of ether oxygens (including phenoxy) is 1. The molecule has 9 heteroatoms. The number of rotatable bonds is 8. The summed E-state index contributed by atoms with van der Waals surface area (Å²) in [7, 11) is -2.74. The molecule has 0 spiro atoms. The van der Waals surface area contributed by atoms with E-state index in [1.807, 2.05) is 4.72 Å². The molecule has 0 aromatic rings. The number of carboxylic acid groups (broad SMARTS) is 1. The Morgan fingerprint density at radius 1 is 1.28 bits per heavy atom. The van der Waals surface area contributed by atoms with Crippen molar-refractivity contribution in [1.29, 1.82) is 0 Å². The van der Waals surface area contributed by atoms with E-state index in [0.717, 1.165) is 0 Å². The number of carboxylic acids is 1. The van der Waals surface area contributed by atoms with Gasteiger partial charge in [0.05, 0.1) is 7.11 Å². The Kier molecular flexibility index (Phi) is 6.81. The molecule has 0 rings (SSSR count). The van der Waals surface area contributed by atoms with Crippen LogP contribution in [0.25, 0.3) is 0 Å². The summed E-state index contributed by atoms with van der Waals surface area (Å²) in [6.45, 7) is 3.20. The Balaban J connectivity index is 4.54. The van der Waals surface area contributed by atoms with Gasteiger partial charge in [-0.05, 0) is 20.3 Å². The first kappa shape index (κ1) is 16.8. The molecule has 0 saturated carbocycles. The maximum atomic E-state index is 11.5. The van der Waals surface area contributed by atoms with E-state index in [0.29, 0.717) is 0 Å². The van der Waals surface area contributed by atoms with Crippen LogP contribution < -0.4 is 9.44 Å². The highest BCUT2D eigenvalue weighted by molar-refractivity contribution is 7.87. The Labute approximate surface area is 106 Å². The predicted octanol–water partition coefficient (Wildman–Crippen LogP) is -0.775. The molecule has 0 aromatic heterocycles. The summed E-state index contributed by atoms with van der Waals surface area (Å²) in [5.74, 6) is -1.95. The predicted molar refractivity (Wildman–Crippen MR) is 63.0 cm³/mol. The van der Waals surface area contributed by atoms with E-state index in [9.17, 15) is 18.0 Å². The van der Waals surface area contributed by atoms with Crippen molar-refractivity contribution in [2.45, 2.75) is 38.8 Å². The second kappa shape index (κ2) is 7.29. The fraction of sp³-hybridized carbons (Fsp3) is 0.778. The summed E-state index contributed by atoms with van der Waals surface area (Å²) in [6, 6.07) is -1.74. The van der Waals surface area contributed by atoms with Gasteiger partial charge in [-0.15, -0.1) is 0 Å². The molecule has 3 N–H and O–H groups in total. The average Bonchev–Trinajstić information content (AvgIpc) is 2.21. The Morgan fingerprint density at radius 2 is 1.83 bits per heavy atom. The highest BCUT2D eigenvalue weighted by atomic mass is 32.2. The first-order valence-electron chi connectivity index (χ1n) is 5.27.